The first-order chi connectivity index (χ1) is 23.9. The van der Waals surface area contributed by atoms with Gasteiger partial charge in [0.2, 0.25) is 11.8 Å². The topological polar surface area (TPSA) is 118 Å². The Balaban J connectivity index is 1.10. The van der Waals surface area contributed by atoms with Gasteiger partial charge in [0.15, 0.2) is 18.1 Å². The number of fused-ring (bicyclic) bond motifs is 9. The molecular formula is C35H27F4N3O6S2. The fourth-order valence-electron chi connectivity index (χ4n) is 8.41. The number of thioether (sulfide) groups is 1. The lowest BCUT2D eigenvalue weighted by Gasteiger charge is -2.43. The number of aromatic amines is 1. The Kier molecular flexibility index (Phi) is 7.82. The average molecular weight is 726 g/mol. The van der Waals surface area contributed by atoms with Crippen LogP contribution in [0.1, 0.15) is 28.3 Å². The maximum absolute atomic E-state index is 14.0. The molecule has 3 heterocycles. The lowest BCUT2D eigenvalue weighted by atomic mass is 9.68. The number of benzene rings is 3. The molecule has 2 saturated carbocycles. The van der Waals surface area contributed by atoms with Gasteiger partial charge in [0.1, 0.15) is 5.82 Å². The summed E-state index contributed by atoms with van der Waals surface area (Å²) < 4.78 is 66.6. The zero-order valence-corrected chi connectivity index (χ0v) is 27.7. The summed E-state index contributed by atoms with van der Waals surface area (Å²) in [6.45, 7) is -0.363. The monoisotopic (exact) mass is 725 g/mol. The molecule has 3 fully saturated rings. The lowest BCUT2D eigenvalue weighted by molar-refractivity contribution is -0.137. The van der Waals surface area contributed by atoms with Crippen molar-refractivity contribution in [1.29, 1.82) is 0 Å². The molecule has 0 spiro atoms. The van der Waals surface area contributed by atoms with Crippen LogP contribution in [0.25, 0.3) is 0 Å². The van der Waals surface area contributed by atoms with Crippen LogP contribution in [-0.4, -0.2) is 41.7 Å². The van der Waals surface area contributed by atoms with E-state index in [4.69, 9.17) is 9.47 Å². The highest BCUT2D eigenvalue weighted by Crippen LogP contribution is 2.69. The van der Waals surface area contributed by atoms with Gasteiger partial charge in [-0.25, -0.2) is 9.29 Å². The highest BCUT2D eigenvalue weighted by Gasteiger charge is 2.70. The highest BCUT2D eigenvalue weighted by molar-refractivity contribution is 8.00. The summed E-state index contributed by atoms with van der Waals surface area (Å²) in [5.41, 5.74) is -0.333. The number of methoxy groups -OCH3 is 1. The number of carbonyl (C=O) groups excluding carboxylic acids is 3. The Bertz CT molecular complexity index is 2100. The maximum Gasteiger partial charge on any atom is 0.418 e. The van der Waals surface area contributed by atoms with Gasteiger partial charge in [0.05, 0.1) is 35.2 Å². The van der Waals surface area contributed by atoms with Crippen molar-refractivity contribution >= 4 is 52.2 Å². The molecule has 7 atom stereocenters. The fraction of sp³-hybridized carbons (Fsp3) is 0.314. The molecule has 3 amide bonds. The summed E-state index contributed by atoms with van der Waals surface area (Å²) in [4.78, 5) is 57.3. The number of nitrogens with one attached hydrogen (secondary N) is 2. The number of halogens is 4. The number of anilines is 2. The Morgan fingerprint density at radius 3 is 2.42 bits per heavy atom. The Labute approximate surface area is 290 Å². The van der Waals surface area contributed by atoms with E-state index in [0.717, 1.165) is 38.8 Å². The number of rotatable bonds is 7. The average Bonchev–Trinajstić information content (AvgIpc) is 3.83. The van der Waals surface area contributed by atoms with Gasteiger partial charge >= 0.3 is 11.0 Å². The molecule has 1 saturated heterocycles. The number of carbonyl (C=O) groups is 3. The molecule has 4 aliphatic rings. The molecular weight excluding hydrogens is 699 g/mol. The first kappa shape index (κ1) is 32.6. The zero-order valence-electron chi connectivity index (χ0n) is 26.0. The van der Waals surface area contributed by atoms with Gasteiger partial charge in [-0.3, -0.25) is 19.2 Å². The van der Waals surface area contributed by atoms with E-state index in [1.54, 1.807) is 18.2 Å². The van der Waals surface area contributed by atoms with Crippen LogP contribution in [0.3, 0.4) is 0 Å². The molecule has 2 bridgehead atoms. The number of para-hydroxylation sites is 1. The van der Waals surface area contributed by atoms with E-state index in [1.165, 1.54) is 55.3 Å². The van der Waals surface area contributed by atoms with Crippen LogP contribution in [0, 0.1) is 35.4 Å². The highest BCUT2D eigenvalue weighted by atomic mass is 32.2. The second-order valence-electron chi connectivity index (χ2n) is 12.7. The van der Waals surface area contributed by atoms with E-state index < -0.39 is 52.8 Å². The van der Waals surface area contributed by atoms with Crippen LogP contribution in [-0.2, 0) is 20.6 Å². The molecule has 9 nitrogen and oxygen atoms in total. The summed E-state index contributed by atoms with van der Waals surface area (Å²) in [6.07, 6.45) is -4.20. The minimum absolute atomic E-state index is 0.185. The Hall–Kier alpha value is -4.63. The van der Waals surface area contributed by atoms with E-state index in [9.17, 15) is 36.7 Å². The number of amides is 3. The molecule has 1 aromatic heterocycles. The molecule has 2 N–H and O–H groups in total. The molecule has 3 aromatic carbocycles. The lowest BCUT2D eigenvalue weighted by Crippen LogP contribution is -2.42. The van der Waals surface area contributed by atoms with Crippen molar-refractivity contribution in [3.63, 3.8) is 0 Å². The maximum atomic E-state index is 14.0. The SMILES string of the molecule is COc1cc([C@H]2c3sc(=O)[nH]c3SC3C4CC(C5C(=O)N(c6ccccc6C(F)(F)F)C(=O)C45)C32)ccc1OCC(=O)Nc1ccc(F)cc1. The van der Waals surface area contributed by atoms with Crippen molar-refractivity contribution in [1.82, 2.24) is 4.98 Å². The van der Waals surface area contributed by atoms with Crippen molar-refractivity contribution in [3.8, 4) is 11.5 Å². The first-order valence-electron chi connectivity index (χ1n) is 15.7. The van der Waals surface area contributed by atoms with Gasteiger partial charge in [0.25, 0.3) is 5.91 Å². The molecule has 15 heteroatoms. The number of hydrogen-bond donors (Lipinski definition) is 2. The van der Waals surface area contributed by atoms with E-state index in [1.807, 2.05) is 0 Å². The number of aromatic nitrogens is 1. The minimum Gasteiger partial charge on any atom is -0.493 e. The predicted octanol–water partition coefficient (Wildman–Crippen LogP) is 6.30. The standard InChI is InChI=1S/C35H27F4N3O6S2/c1-47-23-12-15(6-11-22(23)48-14-24(43)40-17-9-7-16(36)8-10-17)25-26-18-13-19(29(26)49-31-30(25)50-34(46)41-31)28-27(18)32(44)42(33(28)45)21-5-3-2-4-20(21)35(37,38)39/h2-12,18-19,25-29H,13-14H2,1H3,(H,40,43)(H,41,46)/t18?,19?,25-,26?,27?,28?,29?/m1/s1. The smallest absolute Gasteiger partial charge is 0.418 e. The largest absolute Gasteiger partial charge is 0.493 e. The van der Waals surface area contributed by atoms with E-state index >= 15 is 0 Å². The molecule has 4 aromatic rings. The number of imide groups is 1. The van der Waals surface area contributed by atoms with Crippen LogP contribution in [0.2, 0.25) is 0 Å². The van der Waals surface area contributed by atoms with Gasteiger partial charge in [-0.15, -0.1) is 11.8 Å². The molecule has 258 valence electrons. The van der Waals surface area contributed by atoms with Gasteiger partial charge < -0.3 is 19.8 Å². The second-order valence-corrected chi connectivity index (χ2v) is 14.9. The van der Waals surface area contributed by atoms with E-state index in [2.05, 4.69) is 10.3 Å². The quantitative estimate of drug-likeness (QED) is 0.170. The summed E-state index contributed by atoms with van der Waals surface area (Å²) in [6, 6.07) is 15.2. The number of nitrogens with zero attached hydrogens (tertiary/aromatic N) is 1. The predicted molar refractivity (Wildman–Crippen MR) is 176 cm³/mol. The van der Waals surface area contributed by atoms with Crippen molar-refractivity contribution in [2.24, 2.45) is 29.6 Å². The molecule has 50 heavy (non-hydrogen) atoms. The number of H-pyrrole nitrogens is 1. The zero-order chi connectivity index (χ0) is 35.1. The van der Waals surface area contributed by atoms with Crippen molar-refractivity contribution < 1.29 is 41.4 Å². The number of thiazole rings is 1. The third-order valence-electron chi connectivity index (χ3n) is 10.2. The third kappa shape index (κ3) is 5.20. The molecule has 2 aliphatic heterocycles. The molecule has 6 unspecified atom stereocenters. The summed E-state index contributed by atoms with van der Waals surface area (Å²) in [5.74, 6) is -4.33. The van der Waals surface area contributed by atoms with Crippen LogP contribution in [0.4, 0.5) is 28.9 Å². The van der Waals surface area contributed by atoms with Crippen molar-refractivity contribution in [3.05, 3.63) is 98.2 Å². The van der Waals surface area contributed by atoms with Gasteiger partial charge in [-0.2, -0.15) is 13.2 Å². The van der Waals surface area contributed by atoms with Crippen LogP contribution in [0.5, 0.6) is 11.5 Å². The van der Waals surface area contributed by atoms with Gasteiger partial charge in [-0.1, -0.05) is 29.5 Å². The van der Waals surface area contributed by atoms with Crippen LogP contribution in [0.15, 0.2) is 76.6 Å². The second kappa shape index (κ2) is 12.0. The minimum atomic E-state index is -4.76. The Morgan fingerprint density at radius 1 is 0.980 bits per heavy atom. The summed E-state index contributed by atoms with van der Waals surface area (Å²) in [7, 11) is 1.45. The van der Waals surface area contributed by atoms with E-state index in [0.29, 0.717) is 22.9 Å². The van der Waals surface area contributed by atoms with Crippen molar-refractivity contribution in [2.45, 2.75) is 28.8 Å². The summed E-state index contributed by atoms with van der Waals surface area (Å²) in [5, 5.41) is 3.11. The normalized spacial score (nSPS) is 26.4. The van der Waals surface area contributed by atoms with Gasteiger partial charge in [0, 0.05) is 21.7 Å². The van der Waals surface area contributed by atoms with Crippen molar-refractivity contribution in [2.75, 3.05) is 23.9 Å². The third-order valence-corrected chi connectivity index (χ3v) is 12.8. The van der Waals surface area contributed by atoms with Crippen LogP contribution < -0.4 is 24.6 Å². The number of alkyl halides is 3. The summed E-state index contributed by atoms with van der Waals surface area (Å²) >= 11 is 2.53. The van der Waals surface area contributed by atoms with Crippen LogP contribution >= 0.6 is 23.1 Å². The van der Waals surface area contributed by atoms with Gasteiger partial charge in [-0.05, 0) is 78.3 Å². The molecule has 0 radical (unpaired) electrons. The van der Waals surface area contributed by atoms with E-state index in [-0.39, 0.29) is 46.2 Å². The number of hydrogen-bond acceptors (Lipinski definition) is 8. The fourth-order valence-corrected chi connectivity index (χ4v) is 11.3. The Morgan fingerprint density at radius 2 is 1.70 bits per heavy atom. The molecule has 8 rings (SSSR count). The molecule has 2 aliphatic carbocycles. The first-order valence-corrected chi connectivity index (χ1v) is 17.4. The number of ether oxygens (including phenoxy) is 2.